The average Bonchev–Trinajstić information content (AvgIpc) is 2.11. The molecule has 0 aromatic heterocycles. The normalized spacial score (nSPS) is 15.3. The first kappa shape index (κ1) is 12.3. The number of ether oxygens (including phenoxy) is 1. The van der Waals surface area contributed by atoms with Gasteiger partial charge in [0, 0.05) is 13.0 Å². The van der Waals surface area contributed by atoms with Gasteiger partial charge in [0.15, 0.2) is 0 Å². The van der Waals surface area contributed by atoms with Gasteiger partial charge in [-0.2, -0.15) is 0 Å². The van der Waals surface area contributed by atoms with Crippen molar-refractivity contribution in [1.82, 2.24) is 0 Å². The Morgan fingerprint density at radius 3 is 2.62 bits per heavy atom. The van der Waals surface area contributed by atoms with Gasteiger partial charge in [0.25, 0.3) is 5.79 Å². The Kier molecular flexibility index (Phi) is 5.61. The fourth-order valence-corrected chi connectivity index (χ4v) is 0.885. The van der Waals surface area contributed by atoms with Crippen molar-refractivity contribution >= 4 is 5.97 Å². The van der Waals surface area contributed by atoms with Gasteiger partial charge in [-0.25, -0.2) is 4.79 Å². The van der Waals surface area contributed by atoms with Gasteiger partial charge in [-0.15, -0.1) is 0 Å². The predicted molar refractivity (Wildman–Crippen MR) is 47.1 cm³/mol. The van der Waals surface area contributed by atoms with Crippen LogP contribution >= 0.6 is 0 Å². The van der Waals surface area contributed by atoms with Gasteiger partial charge < -0.3 is 20.7 Å². The summed E-state index contributed by atoms with van der Waals surface area (Å²) in [5.74, 6) is -3.41. The third kappa shape index (κ3) is 4.21. The molecule has 78 valence electrons. The maximum absolute atomic E-state index is 10.6. The standard InChI is InChI=1S/C8H17NO4/c1-2-3-4-8(12,7(10)11)13-6-5-9/h12H,2-6,9H2,1H3,(H,10,11). The lowest BCUT2D eigenvalue weighted by Gasteiger charge is -2.22. The van der Waals surface area contributed by atoms with Gasteiger partial charge in [-0.1, -0.05) is 13.3 Å². The molecule has 5 heteroatoms. The van der Waals surface area contributed by atoms with Crippen LogP contribution in [-0.2, 0) is 9.53 Å². The fourth-order valence-electron chi connectivity index (χ4n) is 0.885. The van der Waals surface area contributed by atoms with Crippen molar-refractivity contribution in [1.29, 1.82) is 0 Å². The molecule has 0 aromatic rings. The number of hydrogen-bond acceptors (Lipinski definition) is 4. The predicted octanol–water partition coefficient (Wildman–Crippen LogP) is -0.0749. The number of carboxylic acids is 1. The lowest BCUT2D eigenvalue weighted by atomic mass is 10.1. The van der Waals surface area contributed by atoms with E-state index in [9.17, 15) is 9.90 Å². The van der Waals surface area contributed by atoms with Crippen LogP contribution in [-0.4, -0.2) is 35.1 Å². The molecule has 0 amide bonds. The molecule has 0 spiro atoms. The largest absolute Gasteiger partial charge is 0.477 e. The topological polar surface area (TPSA) is 92.8 Å². The van der Waals surface area contributed by atoms with E-state index in [1.807, 2.05) is 6.92 Å². The molecule has 0 saturated carbocycles. The molecule has 0 fully saturated rings. The summed E-state index contributed by atoms with van der Waals surface area (Å²) in [4.78, 5) is 10.6. The van der Waals surface area contributed by atoms with Gasteiger partial charge in [0.2, 0.25) is 0 Å². The molecule has 0 radical (unpaired) electrons. The van der Waals surface area contributed by atoms with Gasteiger partial charge in [0.1, 0.15) is 0 Å². The van der Waals surface area contributed by atoms with Crippen molar-refractivity contribution in [2.45, 2.75) is 32.0 Å². The van der Waals surface area contributed by atoms with Crippen LogP contribution in [0.15, 0.2) is 0 Å². The second-order valence-electron chi connectivity index (χ2n) is 2.83. The summed E-state index contributed by atoms with van der Waals surface area (Å²) in [5, 5.41) is 18.1. The van der Waals surface area contributed by atoms with Crippen LogP contribution < -0.4 is 5.73 Å². The number of rotatable bonds is 7. The van der Waals surface area contributed by atoms with E-state index in [1.54, 1.807) is 0 Å². The van der Waals surface area contributed by atoms with E-state index < -0.39 is 11.8 Å². The molecular formula is C8H17NO4. The van der Waals surface area contributed by atoms with E-state index >= 15 is 0 Å². The highest BCUT2D eigenvalue weighted by molar-refractivity contribution is 5.75. The zero-order chi connectivity index (χ0) is 10.3. The van der Waals surface area contributed by atoms with Gasteiger partial charge in [-0.05, 0) is 6.42 Å². The Balaban J connectivity index is 4.08. The molecule has 4 N–H and O–H groups in total. The molecule has 0 aliphatic heterocycles. The summed E-state index contributed by atoms with van der Waals surface area (Å²) in [6.07, 6.45) is 1.51. The van der Waals surface area contributed by atoms with Gasteiger partial charge in [0.05, 0.1) is 6.61 Å². The highest BCUT2D eigenvalue weighted by Gasteiger charge is 2.36. The summed E-state index contributed by atoms with van der Waals surface area (Å²) in [6, 6.07) is 0. The minimum absolute atomic E-state index is 0.0481. The van der Waals surface area contributed by atoms with Crippen molar-refractivity contribution in [3.8, 4) is 0 Å². The number of hydrogen-bond donors (Lipinski definition) is 3. The Hall–Kier alpha value is -0.650. The third-order valence-electron chi connectivity index (χ3n) is 1.66. The Labute approximate surface area is 77.5 Å². The summed E-state index contributed by atoms with van der Waals surface area (Å²) >= 11 is 0. The summed E-state index contributed by atoms with van der Waals surface area (Å²) in [6.45, 7) is 2.15. The Morgan fingerprint density at radius 1 is 1.62 bits per heavy atom. The van der Waals surface area contributed by atoms with E-state index in [2.05, 4.69) is 0 Å². The average molecular weight is 191 g/mol. The SMILES string of the molecule is CCCCC(O)(OCCN)C(=O)O. The van der Waals surface area contributed by atoms with Crippen LogP contribution in [0.1, 0.15) is 26.2 Å². The lowest BCUT2D eigenvalue weighted by molar-refractivity contribution is -0.225. The molecule has 1 unspecified atom stereocenters. The summed E-state index contributed by atoms with van der Waals surface area (Å²) in [5.41, 5.74) is 5.14. The molecule has 1 atom stereocenters. The highest BCUT2D eigenvalue weighted by Crippen LogP contribution is 2.16. The molecule has 13 heavy (non-hydrogen) atoms. The van der Waals surface area contributed by atoms with Crippen LogP contribution in [0.5, 0.6) is 0 Å². The molecule has 0 aromatic carbocycles. The first-order valence-electron chi connectivity index (χ1n) is 4.36. The zero-order valence-electron chi connectivity index (χ0n) is 7.82. The van der Waals surface area contributed by atoms with Crippen LogP contribution in [0, 0.1) is 0 Å². The number of unbranched alkanes of at least 4 members (excludes halogenated alkanes) is 1. The van der Waals surface area contributed by atoms with Crippen LogP contribution in [0.2, 0.25) is 0 Å². The number of nitrogens with two attached hydrogens (primary N) is 1. The van der Waals surface area contributed by atoms with E-state index in [4.69, 9.17) is 15.6 Å². The monoisotopic (exact) mass is 191 g/mol. The van der Waals surface area contributed by atoms with Gasteiger partial charge in [-0.3, -0.25) is 0 Å². The van der Waals surface area contributed by atoms with Crippen LogP contribution in [0.4, 0.5) is 0 Å². The molecule has 0 aliphatic rings. The second kappa shape index (κ2) is 5.90. The first-order valence-corrected chi connectivity index (χ1v) is 4.36. The van der Waals surface area contributed by atoms with Crippen LogP contribution in [0.3, 0.4) is 0 Å². The maximum Gasteiger partial charge on any atom is 0.364 e. The molecule has 0 aliphatic carbocycles. The number of aliphatic hydroxyl groups is 1. The molecule has 0 heterocycles. The molecule has 0 bridgehead atoms. The van der Waals surface area contributed by atoms with E-state index in [1.165, 1.54) is 0 Å². The molecule has 0 rings (SSSR count). The van der Waals surface area contributed by atoms with Crippen molar-refractivity contribution in [3.05, 3.63) is 0 Å². The van der Waals surface area contributed by atoms with Crippen LogP contribution in [0.25, 0.3) is 0 Å². The van der Waals surface area contributed by atoms with Crippen molar-refractivity contribution in [3.63, 3.8) is 0 Å². The molecule has 0 saturated heterocycles. The minimum atomic E-state index is -2.06. The highest BCUT2D eigenvalue weighted by atomic mass is 16.6. The van der Waals surface area contributed by atoms with Crippen molar-refractivity contribution in [2.75, 3.05) is 13.2 Å². The quantitative estimate of drug-likeness (QED) is 0.490. The lowest BCUT2D eigenvalue weighted by Crippen LogP contribution is -2.42. The summed E-state index contributed by atoms with van der Waals surface area (Å²) in [7, 11) is 0. The minimum Gasteiger partial charge on any atom is -0.477 e. The molecular weight excluding hydrogens is 174 g/mol. The van der Waals surface area contributed by atoms with E-state index in [-0.39, 0.29) is 19.6 Å². The third-order valence-corrected chi connectivity index (χ3v) is 1.66. The Bertz CT molecular complexity index is 152. The zero-order valence-corrected chi connectivity index (χ0v) is 7.82. The second-order valence-corrected chi connectivity index (χ2v) is 2.83. The Morgan fingerprint density at radius 2 is 2.23 bits per heavy atom. The first-order chi connectivity index (χ1) is 6.06. The van der Waals surface area contributed by atoms with E-state index in [0.29, 0.717) is 6.42 Å². The smallest absolute Gasteiger partial charge is 0.364 e. The van der Waals surface area contributed by atoms with Crippen molar-refractivity contribution < 1.29 is 19.7 Å². The fraction of sp³-hybridized carbons (Fsp3) is 0.875. The number of carboxylic acid groups (broad SMARTS) is 1. The number of aliphatic carboxylic acids is 1. The summed E-state index contributed by atoms with van der Waals surface area (Å²) < 4.78 is 4.77. The maximum atomic E-state index is 10.6. The molecule has 5 nitrogen and oxygen atoms in total. The number of carbonyl (C=O) groups is 1. The van der Waals surface area contributed by atoms with E-state index in [0.717, 1.165) is 6.42 Å². The van der Waals surface area contributed by atoms with Crippen molar-refractivity contribution in [2.24, 2.45) is 5.73 Å². The van der Waals surface area contributed by atoms with Gasteiger partial charge >= 0.3 is 5.97 Å².